The SMILES string of the molecule is COc1cc(-c2cc(-c3ccsc3)nc(N)c2C#N)cc(OC)c1O. The molecule has 126 valence electrons. The first-order valence-corrected chi connectivity index (χ1v) is 8.21. The van der Waals surface area contributed by atoms with E-state index in [1.807, 2.05) is 16.8 Å². The summed E-state index contributed by atoms with van der Waals surface area (Å²) in [5.41, 5.74) is 9.07. The minimum Gasteiger partial charge on any atom is -0.502 e. The van der Waals surface area contributed by atoms with Crippen LogP contribution in [-0.4, -0.2) is 24.3 Å². The molecule has 0 aliphatic heterocycles. The van der Waals surface area contributed by atoms with Crippen LogP contribution in [-0.2, 0) is 0 Å². The summed E-state index contributed by atoms with van der Waals surface area (Å²) in [4.78, 5) is 4.33. The lowest BCUT2D eigenvalue weighted by molar-refractivity contribution is 0.340. The smallest absolute Gasteiger partial charge is 0.200 e. The summed E-state index contributed by atoms with van der Waals surface area (Å²) in [5, 5.41) is 23.5. The second kappa shape index (κ2) is 6.71. The number of phenols is 1. The number of phenolic OH excluding ortho intramolecular Hbond substituents is 1. The Hall–Kier alpha value is -3.24. The van der Waals surface area contributed by atoms with Gasteiger partial charge in [-0.25, -0.2) is 4.98 Å². The number of hydrogen-bond donors (Lipinski definition) is 2. The zero-order valence-electron chi connectivity index (χ0n) is 13.6. The van der Waals surface area contributed by atoms with Crippen LogP contribution in [0.15, 0.2) is 35.0 Å². The molecule has 0 saturated carbocycles. The number of ether oxygens (including phenoxy) is 2. The first-order chi connectivity index (χ1) is 12.1. The molecule has 0 atom stereocenters. The molecular weight excluding hydrogens is 338 g/mol. The molecule has 0 saturated heterocycles. The van der Waals surface area contributed by atoms with Crippen molar-refractivity contribution in [3.05, 3.63) is 40.6 Å². The Bertz CT molecular complexity index is 937. The van der Waals surface area contributed by atoms with Crippen LogP contribution in [0, 0.1) is 11.3 Å². The number of pyridine rings is 1. The predicted octanol–water partition coefficient (Wildman–Crippen LogP) is 3.65. The van der Waals surface area contributed by atoms with Crippen LogP contribution in [0.5, 0.6) is 17.2 Å². The molecular formula is C18H15N3O3S. The van der Waals surface area contributed by atoms with Gasteiger partial charge in [-0.3, -0.25) is 0 Å². The molecule has 3 N–H and O–H groups in total. The minimum absolute atomic E-state index is 0.104. The number of aromatic hydroxyl groups is 1. The standard InChI is InChI=1S/C18H15N3O3S/c1-23-15-5-11(6-16(24-2)17(15)22)12-7-14(10-3-4-25-9-10)21-18(20)13(12)8-19/h3-7,9,22H,1-2H3,(H2,20,21). The minimum atomic E-state index is -0.104. The van der Waals surface area contributed by atoms with E-state index in [0.29, 0.717) is 16.8 Å². The lowest BCUT2D eigenvalue weighted by Gasteiger charge is -2.14. The van der Waals surface area contributed by atoms with Crippen LogP contribution in [0.2, 0.25) is 0 Å². The van der Waals surface area contributed by atoms with E-state index in [4.69, 9.17) is 15.2 Å². The molecule has 0 bridgehead atoms. The van der Waals surface area contributed by atoms with E-state index >= 15 is 0 Å². The predicted molar refractivity (Wildman–Crippen MR) is 96.9 cm³/mol. The van der Waals surface area contributed by atoms with Crippen LogP contribution in [0.25, 0.3) is 22.4 Å². The maximum absolute atomic E-state index is 10.1. The van der Waals surface area contributed by atoms with Gasteiger partial charge in [0.15, 0.2) is 11.5 Å². The van der Waals surface area contributed by atoms with Gasteiger partial charge < -0.3 is 20.3 Å². The van der Waals surface area contributed by atoms with Crippen molar-refractivity contribution >= 4 is 17.2 Å². The molecule has 2 aromatic heterocycles. The van der Waals surface area contributed by atoms with E-state index in [1.165, 1.54) is 14.2 Å². The molecule has 0 aliphatic carbocycles. The topological polar surface area (TPSA) is 101 Å². The molecule has 25 heavy (non-hydrogen) atoms. The Kier molecular flexibility index (Phi) is 4.46. The van der Waals surface area contributed by atoms with Gasteiger partial charge in [0.05, 0.1) is 19.9 Å². The van der Waals surface area contributed by atoms with Gasteiger partial charge in [-0.2, -0.15) is 16.6 Å². The first-order valence-electron chi connectivity index (χ1n) is 7.27. The third-order valence-electron chi connectivity index (χ3n) is 3.77. The zero-order valence-corrected chi connectivity index (χ0v) is 14.4. The van der Waals surface area contributed by atoms with E-state index < -0.39 is 0 Å². The van der Waals surface area contributed by atoms with E-state index in [1.54, 1.807) is 29.5 Å². The highest BCUT2D eigenvalue weighted by Crippen LogP contribution is 2.42. The zero-order chi connectivity index (χ0) is 18.0. The van der Waals surface area contributed by atoms with E-state index in [0.717, 1.165) is 5.56 Å². The summed E-state index contributed by atoms with van der Waals surface area (Å²) in [6.45, 7) is 0. The Balaban J connectivity index is 2.28. The summed E-state index contributed by atoms with van der Waals surface area (Å²) in [7, 11) is 2.89. The highest BCUT2D eigenvalue weighted by atomic mass is 32.1. The number of thiophene rings is 1. The number of methoxy groups -OCH3 is 2. The Labute approximate surface area is 148 Å². The third kappa shape index (κ3) is 2.95. The Morgan fingerprint density at radius 1 is 1.16 bits per heavy atom. The van der Waals surface area contributed by atoms with E-state index in [2.05, 4.69) is 11.1 Å². The monoisotopic (exact) mass is 353 g/mol. The number of nitrogens with two attached hydrogens (primary N) is 1. The molecule has 1 aromatic carbocycles. The highest BCUT2D eigenvalue weighted by molar-refractivity contribution is 7.08. The van der Waals surface area contributed by atoms with E-state index in [9.17, 15) is 10.4 Å². The number of nitrogens with zero attached hydrogens (tertiary/aromatic N) is 2. The van der Waals surface area contributed by atoms with E-state index in [-0.39, 0.29) is 28.6 Å². The highest BCUT2D eigenvalue weighted by Gasteiger charge is 2.18. The van der Waals surface area contributed by atoms with Gasteiger partial charge in [-0.1, -0.05) is 0 Å². The molecule has 3 aromatic rings. The van der Waals surface area contributed by atoms with Crippen molar-refractivity contribution in [3.8, 4) is 45.7 Å². The van der Waals surface area contributed by atoms with Crippen LogP contribution >= 0.6 is 11.3 Å². The van der Waals surface area contributed by atoms with Gasteiger partial charge >= 0.3 is 0 Å². The number of rotatable bonds is 4. The molecule has 0 radical (unpaired) electrons. The van der Waals surface area contributed by atoms with Gasteiger partial charge in [-0.05, 0) is 35.2 Å². The molecule has 0 aliphatic rings. The van der Waals surface area contributed by atoms with Crippen LogP contribution in [0.4, 0.5) is 5.82 Å². The number of nitriles is 1. The molecule has 7 heteroatoms. The average molecular weight is 353 g/mol. The number of anilines is 1. The normalized spacial score (nSPS) is 10.3. The van der Waals surface area contributed by atoms with Gasteiger partial charge in [0.1, 0.15) is 17.5 Å². The molecule has 2 heterocycles. The summed E-state index contributed by atoms with van der Waals surface area (Å²) in [6, 6.07) is 9.08. The summed E-state index contributed by atoms with van der Waals surface area (Å²) in [6.07, 6.45) is 0. The lowest BCUT2D eigenvalue weighted by atomic mass is 9.98. The lowest BCUT2D eigenvalue weighted by Crippen LogP contribution is -2.00. The Morgan fingerprint density at radius 3 is 2.36 bits per heavy atom. The van der Waals surface area contributed by atoms with Crippen molar-refractivity contribution in [2.45, 2.75) is 0 Å². The van der Waals surface area contributed by atoms with Crippen LogP contribution in [0.3, 0.4) is 0 Å². The summed E-state index contributed by atoms with van der Waals surface area (Å²) in [5.74, 6) is 0.524. The fourth-order valence-corrected chi connectivity index (χ4v) is 3.17. The second-order valence-electron chi connectivity index (χ2n) is 5.17. The third-order valence-corrected chi connectivity index (χ3v) is 4.45. The first kappa shape index (κ1) is 16.6. The fraction of sp³-hybridized carbons (Fsp3) is 0.111. The van der Waals surface area contributed by atoms with Crippen LogP contribution in [0.1, 0.15) is 5.56 Å². The number of benzene rings is 1. The molecule has 0 unspecified atom stereocenters. The number of aromatic nitrogens is 1. The van der Waals surface area contributed by atoms with Crippen molar-refractivity contribution < 1.29 is 14.6 Å². The second-order valence-corrected chi connectivity index (χ2v) is 5.95. The van der Waals surface area contributed by atoms with Crippen molar-refractivity contribution in [1.82, 2.24) is 4.98 Å². The molecule has 6 nitrogen and oxygen atoms in total. The van der Waals surface area contributed by atoms with Crippen molar-refractivity contribution in [3.63, 3.8) is 0 Å². The maximum atomic E-state index is 10.1. The number of hydrogen-bond acceptors (Lipinski definition) is 7. The molecule has 0 amide bonds. The van der Waals surface area contributed by atoms with Crippen molar-refractivity contribution in [2.75, 3.05) is 20.0 Å². The van der Waals surface area contributed by atoms with Gasteiger partial charge in [-0.15, -0.1) is 0 Å². The largest absolute Gasteiger partial charge is 0.502 e. The average Bonchev–Trinajstić information content (AvgIpc) is 3.16. The molecule has 0 spiro atoms. The quantitative estimate of drug-likeness (QED) is 0.742. The molecule has 3 rings (SSSR count). The number of nitrogen functional groups attached to an aromatic ring is 1. The summed E-state index contributed by atoms with van der Waals surface area (Å²) < 4.78 is 10.4. The molecule has 0 fully saturated rings. The van der Waals surface area contributed by atoms with Crippen molar-refractivity contribution in [1.29, 1.82) is 5.26 Å². The fourth-order valence-electron chi connectivity index (χ4n) is 2.52. The van der Waals surface area contributed by atoms with Gasteiger partial charge in [0.25, 0.3) is 0 Å². The maximum Gasteiger partial charge on any atom is 0.200 e. The van der Waals surface area contributed by atoms with Crippen molar-refractivity contribution in [2.24, 2.45) is 0 Å². The summed E-state index contributed by atoms with van der Waals surface area (Å²) >= 11 is 1.55. The Morgan fingerprint density at radius 2 is 1.84 bits per heavy atom. The van der Waals surface area contributed by atoms with Crippen LogP contribution < -0.4 is 15.2 Å². The van der Waals surface area contributed by atoms with Gasteiger partial charge in [0, 0.05) is 16.5 Å². The van der Waals surface area contributed by atoms with Gasteiger partial charge in [0.2, 0.25) is 5.75 Å².